The van der Waals surface area contributed by atoms with Crippen molar-refractivity contribution in [2.45, 2.75) is 25.2 Å². The number of hydrogen-bond acceptors (Lipinski definition) is 5. The molecular formula is C16H25N3O6S. The van der Waals surface area contributed by atoms with E-state index < -0.39 is 22.0 Å². The molecule has 0 aliphatic carbocycles. The van der Waals surface area contributed by atoms with Gasteiger partial charge >= 0.3 is 12.0 Å². The van der Waals surface area contributed by atoms with Crippen LogP contribution < -0.4 is 10.1 Å². The van der Waals surface area contributed by atoms with Gasteiger partial charge in [0.1, 0.15) is 5.75 Å². The molecule has 0 spiro atoms. The van der Waals surface area contributed by atoms with Gasteiger partial charge in [-0.2, -0.15) is 4.31 Å². The number of amides is 2. The van der Waals surface area contributed by atoms with Crippen LogP contribution in [0.25, 0.3) is 0 Å². The first-order valence-electron chi connectivity index (χ1n) is 8.09. The van der Waals surface area contributed by atoms with Crippen molar-refractivity contribution in [3.63, 3.8) is 0 Å². The Bertz CT molecular complexity index is 746. The minimum absolute atomic E-state index is 0.0148. The van der Waals surface area contributed by atoms with E-state index in [-0.39, 0.29) is 23.5 Å². The van der Waals surface area contributed by atoms with Crippen LogP contribution in [0.15, 0.2) is 23.1 Å². The maximum atomic E-state index is 12.6. The fourth-order valence-corrected chi connectivity index (χ4v) is 3.72. The summed E-state index contributed by atoms with van der Waals surface area (Å²) in [7, 11) is -0.845. The first-order chi connectivity index (χ1) is 12.2. The summed E-state index contributed by atoms with van der Waals surface area (Å²) < 4.78 is 31.8. The maximum Gasteiger partial charge on any atom is 0.321 e. The lowest BCUT2D eigenvalue weighted by atomic mass is 10.3. The summed E-state index contributed by atoms with van der Waals surface area (Å²) in [6.45, 7) is 4.14. The molecule has 0 unspecified atom stereocenters. The van der Waals surface area contributed by atoms with Crippen molar-refractivity contribution >= 4 is 27.7 Å². The maximum absolute atomic E-state index is 12.6. The molecule has 0 saturated heterocycles. The molecule has 0 radical (unpaired) electrons. The number of urea groups is 1. The quantitative estimate of drug-likeness (QED) is 0.666. The van der Waals surface area contributed by atoms with Crippen molar-refractivity contribution in [2.24, 2.45) is 0 Å². The molecular weight excluding hydrogens is 362 g/mol. The molecule has 0 fully saturated rings. The highest BCUT2D eigenvalue weighted by atomic mass is 32.2. The average molecular weight is 387 g/mol. The summed E-state index contributed by atoms with van der Waals surface area (Å²) in [6, 6.07) is 3.64. The van der Waals surface area contributed by atoms with Crippen LogP contribution in [0.3, 0.4) is 0 Å². The van der Waals surface area contributed by atoms with Gasteiger partial charge in [0.25, 0.3) is 0 Å². The van der Waals surface area contributed by atoms with Crippen LogP contribution in [0, 0.1) is 0 Å². The summed E-state index contributed by atoms with van der Waals surface area (Å²) in [5, 5.41) is 11.2. The van der Waals surface area contributed by atoms with Gasteiger partial charge in [-0.25, -0.2) is 13.2 Å². The van der Waals surface area contributed by atoms with Crippen LogP contribution in [0.4, 0.5) is 10.5 Å². The number of hydrogen-bond donors (Lipinski definition) is 2. The van der Waals surface area contributed by atoms with Crippen molar-refractivity contribution in [1.82, 2.24) is 9.21 Å². The number of carboxylic acids is 1. The molecule has 1 rings (SSSR count). The second kappa shape index (κ2) is 9.39. The van der Waals surface area contributed by atoms with E-state index in [1.54, 1.807) is 13.8 Å². The second-order valence-electron chi connectivity index (χ2n) is 5.45. The zero-order valence-electron chi connectivity index (χ0n) is 15.4. The summed E-state index contributed by atoms with van der Waals surface area (Å²) in [5.74, 6) is -0.724. The van der Waals surface area contributed by atoms with Gasteiger partial charge in [-0.1, -0.05) is 13.8 Å². The Morgan fingerprint density at radius 1 is 1.23 bits per heavy atom. The van der Waals surface area contributed by atoms with E-state index in [0.717, 1.165) is 0 Å². The van der Waals surface area contributed by atoms with E-state index in [1.165, 1.54) is 41.6 Å². The van der Waals surface area contributed by atoms with Gasteiger partial charge in [-0.05, 0) is 18.2 Å². The minimum Gasteiger partial charge on any atom is -0.495 e. The lowest BCUT2D eigenvalue weighted by molar-refractivity contribution is -0.137. The molecule has 1 aromatic rings. The largest absolute Gasteiger partial charge is 0.495 e. The number of sulfonamides is 1. The number of methoxy groups -OCH3 is 1. The normalized spacial score (nSPS) is 11.3. The van der Waals surface area contributed by atoms with Crippen LogP contribution in [0.1, 0.15) is 20.3 Å². The van der Waals surface area contributed by atoms with Crippen molar-refractivity contribution in [1.29, 1.82) is 0 Å². The topological polar surface area (TPSA) is 116 Å². The molecule has 9 nitrogen and oxygen atoms in total. The molecule has 0 saturated carbocycles. The third-order valence-corrected chi connectivity index (χ3v) is 5.81. The van der Waals surface area contributed by atoms with Gasteiger partial charge in [-0.15, -0.1) is 0 Å². The van der Waals surface area contributed by atoms with E-state index in [0.29, 0.717) is 18.8 Å². The number of nitrogens with zero attached hydrogens (tertiary/aromatic N) is 2. The number of anilines is 1. The van der Waals surface area contributed by atoms with E-state index in [9.17, 15) is 18.0 Å². The van der Waals surface area contributed by atoms with Gasteiger partial charge in [0, 0.05) is 26.7 Å². The standard InChI is InChI=1S/C16H25N3O6S/c1-5-19(6-2)26(23,24)12-7-8-14(25-4)13(11-12)17-16(22)18(3)10-9-15(20)21/h7-8,11H,5-6,9-10H2,1-4H3,(H,17,22)(H,20,21). The third-order valence-electron chi connectivity index (χ3n) is 3.76. The van der Waals surface area contributed by atoms with Gasteiger partial charge in [0.2, 0.25) is 10.0 Å². The SMILES string of the molecule is CCN(CC)S(=O)(=O)c1ccc(OC)c(NC(=O)N(C)CCC(=O)O)c1. The Labute approximate surface area is 153 Å². The van der Waals surface area contributed by atoms with Crippen molar-refractivity contribution in [2.75, 3.05) is 39.1 Å². The Hall–Kier alpha value is -2.33. The van der Waals surface area contributed by atoms with Gasteiger partial charge in [0.05, 0.1) is 24.1 Å². The lowest BCUT2D eigenvalue weighted by Gasteiger charge is -2.21. The molecule has 0 aromatic heterocycles. The predicted octanol–water partition coefficient (Wildman–Crippen LogP) is 1.66. The minimum atomic E-state index is -3.69. The van der Waals surface area contributed by atoms with Gasteiger partial charge in [0.15, 0.2) is 0 Å². The summed E-state index contributed by atoms with van der Waals surface area (Å²) >= 11 is 0. The monoisotopic (exact) mass is 387 g/mol. The van der Waals surface area contributed by atoms with E-state index in [4.69, 9.17) is 9.84 Å². The van der Waals surface area contributed by atoms with Crippen LogP contribution in [-0.4, -0.2) is 68.5 Å². The number of benzene rings is 1. The molecule has 26 heavy (non-hydrogen) atoms. The predicted molar refractivity (Wildman–Crippen MR) is 97.0 cm³/mol. The number of nitrogens with one attached hydrogen (secondary N) is 1. The second-order valence-corrected chi connectivity index (χ2v) is 7.38. The Kier molecular flexibility index (Phi) is 7.84. The zero-order chi connectivity index (χ0) is 19.9. The molecule has 0 aliphatic heterocycles. The molecule has 0 bridgehead atoms. The molecule has 0 aliphatic rings. The summed E-state index contributed by atoms with van der Waals surface area (Å²) in [6.07, 6.45) is -0.197. The lowest BCUT2D eigenvalue weighted by Crippen LogP contribution is -2.33. The molecule has 146 valence electrons. The number of ether oxygens (including phenoxy) is 1. The van der Waals surface area contributed by atoms with Crippen LogP contribution >= 0.6 is 0 Å². The highest BCUT2D eigenvalue weighted by Crippen LogP contribution is 2.29. The van der Waals surface area contributed by atoms with Crippen LogP contribution in [-0.2, 0) is 14.8 Å². The molecule has 2 amide bonds. The molecule has 1 aromatic carbocycles. The third kappa shape index (κ3) is 5.33. The number of carbonyl (C=O) groups is 2. The fourth-order valence-electron chi connectivity index (χ4n) is 2.23. The van der Waals surface area contributed by atoms with Gasteiger partial charge < -0.3 is 20.1 Å². The first kappa shape index (κ1) is 21.7. The summed E-state index contributed by atoms with van der Waals surface area (Å²) in [4.78, 5) is 24.0. The number of carbonyl (C=O) groups excluding carboxylic acids is 1. The first-order valence-corrected chi connectivity index (χ1v) is 9.53. The molecule has 2 N–H and O–H groups in total. The molecule has 0 heterocycles. The number of rotatable bonds is 9. The van der Waals surface area contributed by atoms with Gasteiger partial charge in [-0.3, -0.25) is 4.79 Å². The Morgan fingerprint density at radius 3 is 2.35 bits per heavy atom. The zero-order valence-corrected chi connectivity index (χ0v) is 16.2. The Morgan fingerprint density at radius 2 is 1.85 bits per heavy atom. The van der Waals surface area contributed by atoms with Crippen LogP contribution in [0.2, 0.25) is 0 Å². The van der Waals surface area contributed by atoms with E-state index >= 15 is 0 Å². The van der Waals surface area contributed by atoms with Crippen molar-refractivity contribution in [3.05, 3.63) is 18.2 Å². The molecule has 10 heteroatoms. The van der Waals surface area contributed by atoms with Crippen LogP contribution in [0.5, 0.6) is 5.75 Å². The Balaban J connectivity index is 3.11. The average Bonchev–Trinajstić information content (AvgIpc) is 2.60. The fraction of sp³-hybridized carbons (Fsp3) is 0.500. The van der Waals surface area contributed by atoms with E-state index in [1.807, 2.05) is 0 Å². The number of carboxylic acid groups (broad SMARTS) is 1. The molecule has 0 atom stereocenters. The van der Waals surface area contributed by atoms with Crippen molar-refractivity contribution in [3.8, 4) is 5.75 Å². The highest BCUT2D eigenvalue weighted by molar-refractivity contribution is 7.89. The number of aliphatic carboxylic acids is 1. The smallest absolute Gasteiger partial charge is 0.321 e. The highest BCUT2D eigenvalue weighted by Gasteiger charge is 2.23. The van der Waals surface area contributed by atoms with Crippen molar-refractivity contribution < 1.29 is 27.9 Å². The van der Waals surface area contributed by atoms with E-state index in [2.05, 4.69) is 5.32 Å². The summed E-state index contributed by atoms with van der Waals surface area (Å²) in [5.41, 5.74) is 0.188.